The summed E-state index contributed by atoms with van der Waals surface area (Å²) < 4.78 is 0. The molecule has 21 heavy (non-hydrogen) atoms. The molecule has 1 aliphatic rings. The molecule has 1 aliphatic heterocycles. The van der Waals surface area contributed by atoms with Crippen LogP contribution >= 0.6 is 11.8 Å². The van der Waals surface area contributed by atoms with Crippen molar-refractivity contribution in [2.75, 3.05) is 30.7 Å². The fourth-order valence-corrected chi connectivity index (χ4v) is 3.49. The van der Waals surface area contributed by atoms with Gasteiger partial charge in [0.05, 0.1) is 11.6 Å². The second-order valence-electron chi connectivity index (χ2n) is 5.32. The number of hydrogen-bond acceptors (Lipinski definition) is 4. The normalized spacial score (nSPS) is 19.0. The zero-order chi connectivity index (χ0) is 15.1. The minimum Gasteiger partial charge on any atom is -0.326 e. The molecule has 5 heteroatoms. The van der Waals surface area contributed by atoms with Gasteiger partial charge in [0.2, 0.25) is 5.91 Å². The van der Waals surface area contributed by atoms with Crippen LogP contribution in [-0.4, -0.2) is 41.4 Å². The van der Waals surface area contributed by atoms with E-state index >= 15 is 0 Å². The lowest BCUT2D eigenvalue weighted by Gasteiger charge is -2.30. The molecule has 4 nitrogen and oxygen atoms in total. The average Bonchev–Trinajstić information content (AvgIpc) is 2.48. The monoisotopic (exact) mass is 303 g/mol. The van der Waals surface area contributed by atoms with Gasteiger partial charge in [-0.3, -0.25) is 4.79 Å². The van der Waals surface area contributed by atoms with Crippen LogP contribution in [0.2, 0.25) is 0 Å². The number of hydrogen-bond donors (Lipinski definition) is 1. The fraction of sp³-hybridized carbons (Fsp3) is 0.500. The molecule has 1 saturated heterocycles. The maximum atomic E-state index is 11.9. The van der Waals surface area contributed by atoms with Crippen molar-refractivity contribution < 1.29 is 4.79 Å². The number of nitrogens with one attached hydrogen (secondary N) is 1. The Kier molecular flexibility index (Phi) is 6.09. The molecule has 0 spiro atoms. The van der Waals surface area contributed by atoms with Crippen molar-refractivity contribution in [3.05, 3.63) is 29.8 Å². The van der Waals surface area contributed by atoms with E-state index in [0.717, 1.165) is 31.7 Å². The number of carbonyl (C=O) groups excluding carboxylic acids is 1. The lowest BCUT2D eigenvalue weighted by Crippen LogP contribution is -2.37. The van der Waals surface area contributed by atoms with Crippen LogP contribution in [0, 0.1) is 11.3 Å². The fourth-order valence-electron chi connectivity index (χ4n) is 2.41. The summed E-state index contributed by atoms with van der Waals surface area (Å²) in [5, 5.41) is 12.3. The summed E-state index contributed by atoms with van der Waals surface area (Å²) in [6.45, 7) is 5.51. The molecule has 1 amide bonds. The van der Waals surface area contributed by atoms with E-state index in [1.165, 1.54) is 5.75 Å². The molecule has 112 valence electrons. The van der Waals surface area contributed by atoms with Crippen molar-refractivity contribution in [2.45, 2.75) is 25.0 Å². The second-order valence-corrected chi connectivity index (χ2v) is 6.87. The van der Waals surface area contributed by atoms with Gasteiger partial charge in [0.15, 0.2) is 0 Å². The molecule has 2 rings (SSSR count). The highest BCUT2D eigenvalue weighted by Crippen LogP contribution is 2.18. The first-order valence-electron chi connectivity index (χ1n) is 7.31. The Labute approximate surface area is 130 Å². The standard InChI is InChI=1S/C16H21N3OS/c1-13-12-19(9-10-21-13)8-2-3-16(20)18-15-6-4-14(11-17)5-7-15/h4-7,13H,2-3,8-10,12H2,1H3,(H,18,20). The molecular weight excluding hydrogens is 282 g/mol. The molecule has 1 unspecified atom stereocenters. The number of anilines is 1. The van der Waals surface area contributed by atoms with Crippen molar-refractivity contribution in [2.24, 2.45) is 0 Å². The van der Waals surface area contributed by atoms with Gasteiger partial charge >= 0.3 is 0 Å². The van der Waals surface area contributed by atoms with E-state index in [1.54, 1.807) is 24.3 Å². The number of carbonyl (C=O) groups is 1. The largest absolute Gasteiger partial charge is 0.326 e. The number of benzene rings is 1. The molecule has 1 aromatic rings. The van der Waals surface area contributed by atoms with Gasteiger partial charge in [0.1, 0.15) is 0 Å². The van der Waals surface area contributed by atoms with E-state index < -0.39 is 0 Å². The molecule has 0 aliphatic carbocycles. The maximum absolute atomic E-state index is 11.9. The van der Waals surface area contributed by atoms with Crippen LogP contribution in [0.25, 0.3) is 0 Å². The second kappa shape index (κ2) is 8.06. The molecule has 1 atom stereocenters. The van der Waals surface area contributed by atoms with Gasteiger partial charge in [-0.2, -0.15) is 17.0 Å². The molecule has 1 fully saturated rings. The van der Waals surface area contributed by atoms with Crippen LogP contribution in [0.5, 0.6) is 0 Å². The summed E-state index contributed by atoms with van der Waals surface area (Å²) >= 11 is 2.02. The Bertz CT molecular complexity index is 509. The maximum Gasteiger partial charge on any atom is 0.224 e. The third-order valence-electron chi connectivity index (χ3n) is 3.50. The molecule has 0 bridgehead atoms. The molecule has 1 heterocycles. The molecular formula is C16H21N3OS. The number of nitriles is 1. The van der Waals surface area contributed by atoms with Gasteiger partial charge in [-0.25, -0.2) is 0 Å². The zero-order valence-corrected chi connectivity index (χ0v) is 13.2. The van der Waals surface area contributed by atoms with Crippen molar-refractivity contribution >= 4 is 23.4 Å². The minimum atomic E-state index is 0.0409. The Morgan fingerprint density at radius 3 is 2.90 bits per heavy atom. The Morgan fingerprint density at radius 1 is 1.48 bits per heavy atom. The van der Waals surface area contributed by atoms with Crippen LogP contribution in [0.1, 0.15) is 25.3 Å². The average molecular weight is 303 g/mol. The number of nitrogens with zero attached hydrogens (tertiary/aromatic N) is 2. The first-order valence-corrected chi connectivity index (χ1v) is 8.36. The van der Waals surface area contributed by atoms with Crippen molar-refractivity contribution in [1.82, 2.24) is 4.90 Å². The number of rotatable bonds is 5. The lowest BCUT2D eigenvalue weighted by molar-refractivity contribution is -0.116. The van der Waals surface area contributed by atoms with Crippen LogP contribution in [-0.2, 0) is 4.79 Å². The highest BCUT2D eigenvalue weighted by Gasteiger charge is 2.16. The third-order valence-corrected chi connectivity index (χ3v) is 4.64. The van der Waals surface area contributed by atoms with Gasteiger partial charge < -0.3 is 10.2 Å². The summed E-state index contributed by atoms with van der Waals surface area (Å²) in [5.41, 5.74) is 1.35. The van der Waals surface area contributed by atoms with Crippen molar-refractivity contribution in [1.29, 1.82) is 5.26 Å². The van der Waals surface area contributed by atoms with Crippen LogP contribution in [0.3, 0.4) is 0 Å². The van der Waals surface area contributed by atoms with Crippen LogP contribution in [0.4, 0.5) is 5.69 Å². The third kappa shape index (κ3) is 5.41. The van der Waals surface area contributed by atoms with E-state index in [2.05, 4.69) is 23.2 Å². The minimum absolute atomic E-state index is 0.0409. The van der Waals surface area contributed by atoms with Crippen molar-refractivity contribution in [3.63, 3.8) is 0 Å². The summed E-state index contributed by atoms with van der Waals surface area (Å²) in [5.74, 6) is 1.23. The topological polar surface area (TPSA) is 56.1 Å². The van der Waals surface area contributed by atoms with Gasteiger partial charge in [-0.1, -0.05) is 6.92 Å². The summed E-state index contributed by atoms with van der Waals surface area (Å²) in [7, 11) is 0. The van der Waals surface area contributed by atoms with Crippen LogP contribution in [0.15, 0.2) is 24.3 Å². The quantitative estimate of drug-likeness (QED) is 0.908. The molecule has 0 radical (unpaired) electrons. The lowest BCUT2D eigenvalue weighted by atomic mass is 10.2. The first-order chi connectivity index (χ1) is 10.2. The zero-order valence-electron chi connectivity index (χ0n) is 12.3. The van der Waals surface area contributed by atoms with Gasteiger partial charge in [0.25, 0.3) is 0 Å². The predicted octanol–water partition coefficient (Wildman–Crippen LogP) is 2.71. The smallest absolute Gasteiger partial charge is 0.224 e. The van der Waals surface area contributed by atoms with E-state index in [9.17, 15) is 4.79 Å². The van der Waals surface area contributed by atoms with Gasteiger partial charge in [-0.05, 0) is 37.2 Å². The van der Waals surface area contributed by atoms with E-state index in [0.29, 0.717) is 17.2 Å². The SMILES string of the molecule is CC1CN(CCCC(=O)Nc2ccc(C#N)cc2)CCS1. The number of thioether (sulfide) groups is 1. The van der Waals surface area contributed by atoms with E-state index in [4.69, 9.17) is 5.26 Å². The Balaban J connectivity index is 1.68. The van der Waals surface area contributed by atoms with Gasteiger partial charge in [-0.15, -0.1) is 0 Å². The summed E-state index contributed by atoms with van der Waals surface area (Å²) in [6.07, 6.45) is 1.43. The van der Waals surface area contributed by atoms with Crippen molar-refractivity contribution in [3.8, 4) is 6.07 Å². The van der Waals surface area contributed by atoms with E-state index in [1.807, 2.05) is 11.8 Å². The van der Waals surface area contributed by atoms with E-state index in [-0.39, 0.29) is 5.91 Å². The summed E-state index contributed by atoms with van der Waals surface area (Å²) in [6, 6.07) is 9.01. The first kappa shape index (κ1) is 15.9. The Morgan fingerprint density at radius 2 is 2.24 bits per heavy atom. The highest BCUT2D eigenvalue weighted by molar-refractivity contribution is 7.99. The molecule has 0 aromatic heterocycles. The predicted molar refractivity (Wildman–Crippen MR) is 87.4 cm³/mol. The highest BCUT2D eigenvalue weighted by atomic mass is 32.2. The Hall–Kier alpha value is -1.51. The van der Waals surface area contributed by atoms with Crippen LogP contribution < -0.4 is 5.32 Å². The molecule has 1 aromatic carbocycles. The molecule has 0 saturated carbocycles. The molecule has 1 N–H and O–H groups in total. The number of amides is 1. The summed E-state index contributed by atoms with van der Waals surface area (Å²) in [4.78, 5) is 14.3. The van der Waals surface area contributed by atoms with Gasteiger partial charge in [0, 0.05) is 36.2 Å².